The molecular weight excluding hydrogens is 553 g/mol. The van der Waals surface area contributed by atoms with Gasteiger partial charge in [-0.2, -0.15) is 0 Å². The molecule has 0 fully saturated rings. The molecule has 9 aromatic carbocycles. The van der Waals surface area contributed by atoms with Gasteiger partial charge in [0.1, 0.15) is 0 Å². The summed E-state index contributed by atoms with van der Waals surface area (Å²) in [7, 11) is 0. The third-order valence-corrected chi connectivity index (χ3v) is 9.15. The maximum absolute atomic E-state index is 8.79. The quantitative estimate of drug-likeness (QED) is 0.180. The fourth-order valence-corrected chi connectivity index (χ4v) is 7.15. The van der Waals surface area contributed by atoms with E-state index >= 15 is 0 Å². The zero-order chi connectivity index (χ0) is 34.8. The molecule has 0 aromatic heterocycles. The minimum absolute atomic E-state index is 0.195. The van der Waals surface area contributed by atoms with Crippen LogP contribution in [0, 0.1) is 0 Å². The molecule has 0 saturated carbocycles. The van der Waals surface area contributed by atoms with E-state index in [-0.39, 0.29) is 29.7 Å². The van der Waals surface area contributed by atoms with E-state index in [1.807, 2.05) is 24.3 Å². The Morgan fingerprint density at radius 1 is 0.304 bits per heavy atom. The molecule has 0 N–H and O–H groups in total. The van der Waals surface area contributed by atoms with Crippen molar-refractivity contribution in [2.45, 2.75) is 0 Å². The molecule has 0 radical (unpaired) electrons. The van der Waals surface area contributed by atoms with Gasteiger partial charge in [-0.15, -0.1) is 0 Å². The first-order chi connectivity index (χ1) is 24.9. The van der Waals surface area contributed by atoms with E-state index in [1.54, 1.807) is 0 Å². The molecule has 0 aliphatic carbocycles. The number of rotatable bonds is 4. The summed E-state index contributed by atoms with van der Waals surface area (Å²) in [4.78, 5) is 0. The molecule has 0 aliphatic heterocycles. The second kappa shape index (κ2) is 10.9. The molecule has 0 nitrogen and oxygen atoms in total. The summed E-state index contributed by atoms with van der Waals surface area (Å²) in [6.45, 7) is 0. The molecule has 9 aromatic rings. The molecule has 0 atom stereocenters. The zero-order valence-electron chi connectivity index (χ0n) is 29.9. The van der Waals surface area contributed by atoms with Crippen LogP contribution in [0.3, 0.4) is 0 Å². The van der Waals surface area contributed by atoms with Gasteiger partial charge in [0.05, 0.1) is 6.85 Å². The van der Waals surface area contributed by atoms with Crippen LogP contribution in [-0.2, 0) is 0 Å². The number of hydrogen-bond donors (Lipinski definition) is 0. The van der Waals surface area contributed by atoms with Gasteiger partial charge in [-0.05, 0) is 93.7 Å². The van der Waals surface area contributed by atoms with Crippen molar-refractivity contribution >= 4 is 43.1 Å². The molecule has 0 saturated heterocycles. The van der Waals surface area contributed by atoms with E-state index in [4.69, 9.17) is 6.85 Å². The lowest BCUT2D eigenvalue weighted by Crippen LogP contribution is -1.93. The van der Waals surface area contributed by atoms with Crippen molar-refractivity contribution in [3.05, 3.63) is 182 Å². The molecular formula is C46H30. The first-order valence-corrected chi connectivity index (χ1v) is 15.5. The second-order valence-electron chi connectivity index (χ2n) is 11.7. The summed E-state index contributed by atoms with van der Waals surface area (Å²) in [6, 6.07) is 51.2. The Bertz CT molecular complexity index is 2830. The normalized spacial score (nSPS) is 13.0. The first-order valence-electron chi connectivity index (χ1n) is 18.0. The number of hydrogen-bond acceptors (Lipinski definition) is 0. The van der Waals surface area contributed by atoms with Crippen LogP contribution >= 0.6 is 0 Å². The minimum atomic E-state index is -0.399. The van der Waals surface area contributed by atoms with Gasteiger partial charge in [-0.1, -0.05) is 176 Å². The molecule has 0 heteroatoms. The van der Waals surface area contributed by atoms with E-state index in [0.717, 1.165) is 65.7 Å². The standard InChI is InChI=1S/C46H30/c1-2-14-31(15-3-1)35-20-8-9-23-38(35)34-28-29-43-44(30-34)46(40-27-13-19-33-17-5-7-22-37(33)40)42-25-11-10-24-41(42)45(43)39-26-12-18-32-16-4-6-21-36(32)39/h1-30H/i1D,2D,3D,14D,15D. The monoisotopic (exact) mass is 587 g/mol. The second-order valence-corrected chi connectivity index (χ2v) is 11.7. The Kier molecular flexibility index (Phi) is 5.12. The van der Waals surface area contributed by atoms with Gasteiger partial charge in [-0.3, -0.25) is 0 Å². The van der Waals surface area contributed by atoms with Gasteiger partial charge in [0.15, 0.2) is 0 Å². The maximum atomic E-state index is 8.79. The molecule has 0 bridgehead atoms. The van der Waals surface area contributed by atoms with E-state index < -0.39 is 6.04 Å². The van der Waals surface area contributed by atoms with Crippen molar-refractivity contribution in [3.8, 4) is 44.5 Å². The van der Waals surface area contributed by atoms with E-state index in [9.17, 15) is 0 Å². The van der Waals surface area contributed by atoms with Crippen molar-refractivity contribution in [3.63, 3.8) is 0 Å². The van der Waals surface area contributed by atoms with Crippen LogP contribution in [0.1, 0.15) is 6.85 Å². The summed E-state index contributed by atoms with van der Waals surface area (Å²) in [5.41, 5.74) is 7.06. The minimum Gasteiger partial charge on any atom is -0.0622 e. The average Bonchev–Trinajstić information content (AvgIpc) is 3.18. The summed E-state index contributed by atoms with van der Waals surface area (Å²) in [5, 5.41) is 9.16. The molecule has 0 unspecified atom stereocenters. The highest BCUT2D eigenvalue weighted by Gasteiger charge is 2.20. The van der Waals surface area contributed by atoms with Crippen molar-refractivity contribution in [1.82, 2.24) is 0 Å². The number of benzene rings is 9. The lowest BCUT2D eigenvalue weighted by molar-refractivity contribution is 1.59. The SMILES string of the molecule is [2H]c1c([2H])c([2H])c(-c2ccccc2-c2ccc3c(-c4cccc5ccccc45)c4ccccc4c(-c4cccc5ccccc45)c3c2)c([2H])c1[2H]. The topological polar surface area (TPSA) is 0 Å². The Morgan fingerprint density at radius 3 is 1.35 bits per heavy atom. The van der Waals surface area contributed by atoms with Crippen molar-refractivity contribution in [1.29, 1.82) is 0 Å². The largest absolute Gasteiger partial charge is 0.0629 e. The van der Waals surface area contributed by atoms with Gasteiger partial charge in [0.2, 0.25) is 0 Å². The smallest absolute Gasteiger partial charge is 0.0622 e. The summed E-state index contributed by atoms with van der Waals surface area (Å²) < 4.78 is 42.5. The van der Waals surface area contributed by atoms with Crippen LogP contribution in [0.2, 0.25) is 0 Å². The van der Waals surface area contributed by atoms with Gasteiger partial charge in [-0.25, -0.2) is 0 Å². The van der Waals surface area contributed by atoms with E-state index in [2.05, 4.69) is 127 Å². The Hall–Kier alpha value is -5.98. The fraction of sp³-hybridized carbons (Fsp3) is 0. The van der Waals surface area contributed by atoms with Crippen LogP contribution in [0.15, 0.2) is 182 Å². The highest BCUT2D eigenvalue weighted by atomic mass is 14.2. The molecule has 0 amide bonds. The van der Waals surface area contributed by atoms with Crippen molar-refractivity contribution in [2.75, 3.05) is 0 Å². The Balaban J connectivity index is 1.43. The zero-order valence-corrected chi connectivity index (χ0v) is 24.9. The summed E-state index contributed by atoms with van der Waals surface area (Å²) in [6.07, 6.45) is 0. The predicted molar refractivity (Wildman–Crippen MR) is 198 cm³/mol. The van der Waals surface area contributed by atoms with Gasteiger partial charge < -0.3 is 0 Å². The van der Waals surface area contributed by atoms with Crippen LogP contribution in [0.5, 0.6) is 0 Å². The molecule has 214 valence electrons. The molecule has 46 heavy (non-hydrogen) atoms. The van der Waals surface area contributed by atoms with E-state index in [0.29, 0.717) is 5.56 Å². The fourth-order valence-electron chi connectivity index (χ4n) is 7.15. The Labute approximate surface area is 275 Å². The predicted octanol–water partition coefficient (Wildman–Crippen LogP) is 13.0. The van der Waals surface area contributed by atoms with Crippen molar-refractivity contribution in [2.24, 2.45) is 0 Å². The Morgan fingerprint density at radius 2 is 0.739 bits per heavy atom. The summed E-state index contributed by atoms with van der Waals surface area (Å²) in [5.74, 6) is 0. The van der Waals surface area contributed by atoms with Crippen LogP contribution in [-0.4, -0.2) is 0 Å². The van der Waals surface area contributed by atoms with Crippen LogP contribution in [0.4, 0.5) is 0 Å². The third-order valence-electron chi connectivity index (χ3n) is 9.15. The van der Waals surface area contributed by atoms with Gasteiger partial charge >= 0.3 is 0 Å². The van der Waals surface area contributed by atoms with Gasteiger partial charge in [0.25, 0.3) is 0 Å². The van der Waals surface area contributed by atoms with Crippen LogP contribution in [0.25, 0.3) is 87.6 Å². The molecule has 0 heterocycles. The summed E-state index contributed by atoms with van der Waals surface area (Å²) >= 11 is 0. The molecule has 0 spiro atoms. The van der Waals surface area contributed by atoms with E-state index in [1.165, 1.54) is 10.8 Å². The lowest BCUT2D eigenvalue weighted by Gasteiger charge is -2.21. The maximum Gasteiger partial charge on any atom is 0.0629 e. The molecule has 9 rings (SSSR count). The van der Waals surface area contributed by atoms with Crippen LogP contribution < -0.4 is 0 Å². The van der Waals surface area contributed by atoms with Gasteiger partial charge in [0, 0.05) is 0 Å². The first kappa shape index (κ1) is 21.7. The highest BCUT2D eigenvalue weighted by molar-refractivity contribution is 6.25. The van der Waals surface area contributed by atoms with Crippen molar-refractivity contribution < 1.29 is 6.85 Å². The average molecular weight is 588 g/mol. The lowest BCUT2D eigenvalue weighted by atomic mass is 9.82. The molecule has 0 aliphatic rings. The number of fused-ring (bicyclic) bond motifs is 4. The third kappa shape index (κ3) is 4.23. The highest BCUT2D eigenvalue weighted by Crippen LogP contribution is 2.48.